The Bertz CT molecular complexity index is 1260. The molecule has 10 nitrogen and oxygen atoms in total. The van der Waals surface area contributed by atoms with Gasteiger partial charge in [-0.2, -0.15) is 4.37 Å². The van der Waals surface area contributed by atoms with Crippen LogP contribution in [-0.2, 0) is 9.53 Å². The summed E-state index contributed by atoms with van der Waals surface area (Å²) < 4.78 is 14.3. The molecule has 1 aromatic heterocycles. The summed E-state index contributed by atoms with van der Waals surface area (Å²) in [5, 5.41) is 2.82. The number of nitrogens with two attached hydrogens (primary N) is 2. The number of rotatable bonds is 10. The van der Waals surface area contributed by atoms with Crippen LogP contribution < -0.4 is 26.4 Å². The van der Waals surface area contributed by atoms with E-state index in [1.165, 1.54) is 19.1 Å². The molecule has 3 rings (SSSR count). The lowest BCUT2D eigenvalue weighted by molar-refractivity contribution is -0.122. The van der Waals surface area contributed by atoms with Crippen LogP contribution in [0.25, 0.3) is 0 Å². The van der Waals surface area contributed by atoms with Crippen LogP contribution in [-0.4, -0.2) is 49.5 Å². The molecule has 0 aliphatic heterocycles. The zero-order chi connectivity index (χ0) is 26.4. The van der Waals surface area contributed by atoms with Crippen LogP contribution in [0.3, 0.4) is 0 Å². The topological polar surface area (TPSA) is 150 Å². The van der Waals surface area contributed by atoms with Gasteiger partial charge in [-0.3, -0.25) is 19.3 Å². The molecule has 3 aromatic rings. The average Bonchev–Trinajstić information content (AvgIpc) is 3.25. The van der Waals surface area contributed by atoms with Gasteiger partial charge in [-0.15, -0.1) is 0 Å². The van der Waals surface area contributed by atoms with Gasteiger partial charge in [0.2, 0.25) is 5.91 Å². The molecule has 0 spiro atoms. The van der Waals surface area contributed by atoms with Gasteiger partial charge in [-0.25, -0.2) is 0 Å². The van der Waals surface area contributed by atoms with Crippen LogP contribution in [0.2, 0.25) is 0 Å². The third-order valence-corrected chi connectivity index (χ3v) is 6.54. The number of hydrogen-bond acceptors (Lipinski definition) is 8. The van der Waals surface area contributed by atoms with Crippen molar-refractivity contribution in [1.82, 2.24) is 9.69 Å². The van der Waals surface area contributed by atoms with Crippen LogP contribution >= 0.6 is 11.5 Å². The molecular weight excluding hydrogens is 482 g/mol. The summed E-state index contributed by atoms with van der Waals surface area (Å²) in [6.07, 6.45) is 0. The number of nitrogens with zero attached hydrogens (tertiary/aromatic N) is 2. The lowest BCUT2D eigenvalue weighted by Gasteiger charge is -2.31. The second-order valence-electron chi connectivity index (χ2n) is 8.04. The van der Waals surface area contributed by atoms with Crippen molar-refractivity contribution >= 4 is 40.6 Å². The van der Waals surface area contributed by atoms with Gasteiger partial charge < -0.3 is 26.3 Å². The van der Waals surface area contributed by atoms with E-state index >= 15 is 0 Å². The van der Waals surface area contributed by atoms with E-state index in [0.29, 0.717) is 23.6 Å². The molecule has 0 aliphatic carbocycles. The van der Waals surface area contributed by atoms with E-state index in [-0.39, 0.29) is 22.8 Å². The number of methoxy groups -OCH3 is 2. The molecule has 2 aromatic carbocycles. The van der Waals surface area contributed by atoms with E-state index in [9.17, 15) is 14.4 Å². The first-order valence-corrected chi connectivity index (χ1v) is 11.8. The van der Waals surface area contributed by atoms with E-state index in [0.717, 1.165) is 22.7 Å². The molecule has 36 heavy (non-hydrogen) atoms. The number of nitrogen functional groups attached to an aromatic ring is 1. The monoisotopic (exact) mass is 511 g/mol. The smallest absolute Gasteiger partial charge is 0.273 e. The van der Waals surface area contributed by atoms with Gasteiger partial charge in [0.05, 0.1) is 19.4 Å². The Morgan fingerprint density at radius 2 is 1.78 bits per heavy atom. The number of amides is 3. The molecule has 0 bridgehead atoms. The minimum Gasteiger partial charge on any atom is -0.497 e. The fourth-order valence-corrected chi connectivity index (χ4v) is 4.32. The maximum absolute atomic E-state index is 14.0. The molecule has 1 unspecified atom stereocenters. The number of aromatic nitrogens is 1. The van der Waals surface area contributed by atoms with Gasteiger partial charge in [-0.1, -0.05) is 18.2 Å². The maximum Gasteiger partial charge on any atom is 0.273 e. The second-order valence-corrected chi connectivity index (χ2v) is 8.81. The number of ether oxygens (including phenoxy) is 2. The maximum atomic E-state index is 14.0. The Labute approximate surface area is 213 Å². The highest BCUT2D eigenvalue weighted by Crippen LogP contribution is 2.34. The first-order chi connectivity index (χ1) is 17.2. The number of carbonyl (C=O) groups is 3. The number of anilines is 2. The van der Waals surface area contributed by atoms with Crippen molar-refractivity contribution in [3.63, 3.8) is 0 Å². The predicted octanol–water partition coefficient (Wildman–Crippen LogP) is 2.60. The van der Waals surface area contributed by atoms with E-state index < -0.39 is 23.8 Å². The number of benzene rings is 2. The highest BCUT2D eigenvalue weighted by Gasteiger charge is 2.36. The fourth-order valence-electron chi connectivity index (χ4n) is 3.57. The summed E-state index contributed by atoms with van der Waals surface area (Å²) in [5.74, 6) is -1.27. The Morgan fingerprint density at radius 1 is 1.08 bits per heavy atom. The summed E-state index contributed by atoms with van der Waals surface area (Å²) in [6, 6.07) is 11.2. The van der Waals surface area contributed by atoms with Crippen molar-refractivity contribution in [1.29, 1.82) is 0 Å². The van der Waals surface area contributed by atoms with E-state index in [1.54, 1.807) is 30.3 Å². The van der Waals surface area contributed by atoms with Crippen LogP contribution in [0.4, 0.5) is 11.4 Å². The van der Waals surface area contributed by atoms with Crippen molar-refractivity contribution in [3.05, 3.63) is 69.7 Å². The van der Waals surface area contributed by atoms with Gasteiger partial charge in [0.25, 0.3) is 11.8 Å². The van der Waals surface area contributed by atoms with Gasteiger partial charge in [-0.05, 0) is 66.3 Å². The Balaban J connectivity index is 2.20. The van der Waals surface area contributed by atoms with Gasteiger partial charge in [0.15, 0.2) is 5.69 Å². The summed E-state index contributed by atoms with van der Waals surface area (Å²) in [4.78, 5) is 40.7. The quantitative estimate of drug-likeness (QED) is 0.354. The summed E-state index contributed by atoms with van der Waals surface area (Å²) in [7, 11) is 3.07. The minimum atomic E-state index is -1.08. The molecule has 3 amide bonds. The molecule has 0 saturated heterocycles. The normalized spacial score (nSPS) is 11.6. The first-order valence-electron chi connectivity index (χ1n) is 11.1. The molecule has 5 N–H and O–H groups in total. The Kier molecular flexibility index (Phi) is 8.62. The molecule has 1 atom stereocenters. The average molecular weight is 512 g/mol. The van der Waals surface area contributed by atoms with E-state index in [2.05, 4.69) is 9.69 Å². The fraction of sp³-hybridized carbons (Fsp3) is 0.280. The zero-order valence-corrected chi connectivity index (χ0v) is 21.3. The summed E-state index contributed by atoms with van der Waals surface area (Å²) in [6.45, 7) is 4.40. The van der Waals surface area contributed by atoms with Crippen molar-refractivity contribution in [2.75, 3.05) is 38.0 Å². The van der Waals surface area contributed by atoms with E-state index in [4.69, 9.17) is 20.9 Å². The SMILES string of the molecule is COCCNC(=O)C(c1ccc(OC)cc1)N(C(=O)c1snc(C(N)=O)c1N)c1ccc(C)c(C)c1. The number of hydrogen-bond donors (Lipinski definition) is 3. The van der Waals surface area contributed by atoms with E-state index in [1.807, 2.05) is 26.0 Å². The molecule has 0 aliphatic rings. The molecular formula is C25H29N5O5S. The molecule has 1 heterocycles. The number of primary amides is 1. The van der Waals surface area contributed by atoms with Gasteiger partial charge in [0, 0.05) is 19.3 Å². The Morgan fingerprint density at radius 3 is 2.33 bits per heavy atom. The van der Waals surface area contributed by atoms with Crippen molar-refractivity contribution in [3.8, 4) is 5.75 Å². The zero-order valence-electron chi connectivity index (χ0n) is 20.5. The number of carbonyl (C=O) groups excluding carboxylic acids is 3. The van der Waals surface area contributed by atoms with Crippen LogP contribution in [0.15, 0.2) is 42.5 Å². The highest BCUT2D eigenvalue weighted by molar-refractivity contribution is 7.09. The number of aryl methyl sites for hydroxylation is 2. The Hall–Kier alpha value is -3.96. The first kappa shape index (κ1) is 26.6. The van der Waals surface area contributed by atoms with Crippen LogP contribution in [0, 0.1) is 13.8 Å². The van der Waals surface area contributed by atoms with Crippen LogP contribution in [0.5, 0.6) is 5.75 Å². The third kappa shape index (κ3) is 5.64. The molecule has 0 fully saturated rings. The summed E-state index contributed by atoms with van der Waals surface area (Å²) in [5.41, 5.74) is 14.1. The van der Waals surface area contributed by atoms with Crippen molar-refractivity contribution < 1.29 is 23.9 Å². The van der Waals surface area contributed by atoms with Crippen molar-refractivity contribution in [2.45, 2.75) is 19.9 Å². The summed E-state index contributed by atoms with van der Waals surface area (Å²) >= 11 is 0.756. The largest absolute Gasteiger partial charge is 0.497 e. The highest BCUT2D eigenvalue weighted by atomic mass is 32.1. The molecule has 190 valence electrons. The molecule has 0 radical (unpaired) electrons. The van der Waals surface area contributed by atoms with Gasteiger partial charge in [0.1, 0.15) is 16.7 Å². The third-order valence-electron chi connectivity index (χ3n) is 5.69. The standard InChI is InChI=1S/C25H29N5O5S/c1-14-5-8-17(13-15(14)2)30(25(33)22-19(26)20(23(27)31)29-36-22)21(24(32)28-11-12-34-3)16-6-9-18(35-4)10-7-16/h5-10,13,21H,11-12,26H2,1-4H3,(H2,27,31)(H,28,32). The second kappa shape index (κ2) is 11.6. The van der Waals surface area contributed by atoms with Crippen molar-refractivity contribution in [2.24, 2.45) is 5.73 Å². The lowest BCUT2D eigenvalue weighted by atomic mass is 10.0. The van der Waals surface area contributed by atoms with Gasteiger partial charge >= 0.3 is 0 Å². The molecule has 0 saturated carbocycles. The molecule has 11 heteroatoms. The predicted molar refractivity (Wildman–Crippen MR) is 138 cm³/mol. The van der Waals surface area contributed by atoms with Crippen LogP contribution in [0.1, 0.15) is 42.9 Å². The lowest BCUT2D eigenvalue weighted by Crippen LogP contribution is -2.44. The minimum absolute atomic E-state index is 0.00484. The number of nitrogens with one attached hydrogen (secondary N) is 1.